The number of rotatable bonds is 5. The molecule has 2 rings (SSSR count). The molecule has 5 heteroatoms. The molecule has 0 bridgehead atoms. The van der Waals surface area contributed by atoms with E-state index < -0.39 is 0 Å². The van der Waals surface area contributed by atoms with Gasteiger partial charge in [0.05, 0.1) is 5.56 Å². The fraction of sp³-hybridized carbons (Fsp3) is 0.615. The Labute approximate surface area is 112 Å². The summed E-state index contributed by atoms with van der Waals surface area (Å²) in [6, 6.07) is 0.287. The summed E-state index contributed by atoms with van der Waals surface area (Å²) in [5.41, 5.74) is 0.400. The van der Waals surface area contributed by atoms with Crippen LogP contribution in [0.3, 0.4) is 0 Å². The maximum atomic E-state index is 11.2. The van der Waals surface area contributed by atoms with Crippen molar-refractivity contribution in [1.29, 1.82) is 0 Å². The maximum Gasteiger partial charge on any atom is 0.156 e. The number of aldehydes is 1. The van der Waals surface area contributed by atoms with Gasteiger partial charge in [0.15, 0.2) is 6.29 Å². The zero-order valence-electron chi connectivity index (χ0n) is 11.0. The second-order valence-corrected chi connectivity index (χ2v) is 5.46. The van der Waals surface area contributed by atoms with E-state index in [9.17, 15) is 4.79 Å². The predicted molar refractivity (Wildman–Crippen MR) is 72.4 cm³/mol. The normalized spacial score (nSPS) is 14.9. The molecule has 0 N–H and O–H groups in total. The number of aromatic nitrogens is 2. The SMILES string of the molecule is Cc1nc(Cl)c(C=O)c(N(CC2CC2)C(C)C)n1. The highest BCUT2D eigenvalue weighted by molar-refractivity contribution is 6.32. The van der Waals surface area contributed by atoms with E-state index >= 15 is 0 Å². The first-order chi connectivity index (χ1) is 8.52. The van der Waals surface area contributed by atoms with Gasteiger partial charge in [-0.25, -0.2) is 9.97 Å². The third-order valence-electron chi connectivity index (χ3n) is 3.16. The quantitative estimate of drug-likeness (QED) is 0.608. The molecule has 1 aliphatic carbocycles. The van der Waals surface area contributed by atoms with Crippen molar-refractivity contribution in [3.8, 4) is 0 Å². The zero-order chi connectivity index (χ0) is 13.3. The molecule has 0 atom stereocenters. The summed E-state index contributed by atoms with van der Waals surface area (Å²) in [6.45, 7) is 6.93. The molecule has 0 aliphatic heterocycles. The highest BCUT2D eigenvalue weighted by atomic mass is 35.5. The third-order valence-corrected chi connectivity index (χ3v) is 3.44. The average Bonchev–Trinajstić information content (AvgIpc) is 3.08. The molecule has 98 valence electrons. The van der Waals surface area contributed by atoms with E-state index in [2.05, 4.69) is 28.7 Å². The third kappa shape index (κ3) is 2.80. The van der Waals surface area contributed by atoms with Crippen molar-refractivity contribution in [3.05, 3.63) is 16.5 Å². The first kappa shape index (κ1) is 13.3. The number of anilines is 1. The van der Waals surface area contributed by atoms with Crippen LogP contribution in [-0.2, 0) is 0 Å². The average molecular weight is 268 g/mol. The first-order valence-electron chi connectivity index (χ1n) is 6.29. The molecule has 0 aromatic carbocycles. The summed E-state index contributed by atoms with van der Waals surface area (Å²) in [7, 11) is 0. The van der Waals surface area contributed by atoms with E-state index in [-0.39, 0.29) is 11.2 Å². The van der Waals surface area contributed by atoms with Crippen LogP contribution in [0.5, 0.6) is 0 Å². The predicted octanol–water partition coefficient (Wildman–Crippen LogP) is 2.88. The Kier molecular flexibility index (Phi) is 3.85. The van der Waals surface area contributed by atoms with Crippen molar-refractivity contribution < 1.29 is 4.79 Å². The van der Waals surface area contributed by atoms with E-state index in [0.29, 0.717) is 17.2 Å². The van der Waals surface area contributed by atoms with Gasteiger partial charge in [-0.2, -0.15) is 0 Å². The van der Waals surface area contributed by atoms with E-state index in [1.54, 1.807) is 6.92 Å². The van der Waals surface area contributed by atoms with Crippen molar-refractivity contribution in [2.24, 2.45) is 5.92 Å². The molecule has 0 saturated heterocycles. The Hall–Kier alpha value is -1.16. The van der Waals surface area contributed by atoms with Crippen LogP contribution in [0.15, 0.2) is 0 Å². The van der Waals surface area contributed by atoms with Crippen molar-refractivity contribution in [2.75, 3.05) is 11.4 Å². The second kappa shape index (κ2) is 5.22. The molecular formula is C13H18ClN3O. The minimum Gasteiger partial charge on any atom is -0.353 e. The summed E-state index contributed by atoms with van der Waals surface area (Å²) in [4.78, 5) is 21.8. The van der Waals surface area contributed by atoms with Gasteiger partial charge in [-0.05, 0) is 39.5 Å². The van der Waals surface area contributed by atoms with Gasteiger partial charge in [0.2, 0.25) is 0 Å². The number of nitrogens with zero attached hydrogens (tertiary/aromatic N) is 3. The zero-order valence-corrected chi connectivity index (χ0v) is 11.7. The molecule has 1 aromatic rings. The summed E-state index contributed by atoms with van der Waals surface area (Å²) in [6.07, 6.45) is 3.27. The number of aryl methyl sites for hydroxylation is 1. The lowest BCUT2D eigenvalue weighted by Gasteiger charge is -2.29. The first-order valence-corrected chi connectivity index (χ1v) is 6.66. The number of halogens is 1. The number of hydrogen-bond acceptors (Lipinski definition) is 4. The monoisotopic (exact) mass is 267 g/mol. The van der Waals surface area contributed by atoms with Crippen molar-refractivity contribution in [2.45, 2.75) is 39.7 Å². The van der Waals surface area contributed by atoms with Crippen molar-refractivity contribution in [1.82, 2.24) is 9.97 Å². The van der Waals surface area contributed by atoms with Crippen LogP contribution in [0, 0.1) is 12.8 Å². The van der Waals surface area contributed by atoms with Gasteiger partial charge in [-0.15, -0.1) is 0 Å². The van der Waals surface area contributed by atoms with Crippen LogP contribution < -0.4 is 4.90 Å². The lowest BCUT2D eigenvalue weighted by molar-refractivity contribution is 0.112. The Morgan fingerprint density at radius 1 is 1.44 bits per heavy atom. The molecule has 0 amide bonds. The molecule has 1 aromatic heterocycles. The van der Waals surface area contributed by atoms with E-state index in [0.717, 1.165) is 18.7 Å². The molecule has 1 heterocycles. The minimum absolute atomic E-state index is 0.244. The number of carbonyl (C=O) groups is 1. The highest BCUT2D eigenvalue weighted by Gasteiger charge is 2.28. The molecule has 1 aliphatic rings. The number of hydrogen-bond donors (Lipinski definition) is 0. The van der Waals surface area contributed by atoms with Crippen LogP contribution in [0.25, 0.3) is 0 Å². The standard InChI is InChI=1S/C13H18ClN3O/c1-8(2)17(6-10-4-5-10)13-11(7-18)12(14)15-9(3)16-13/h7-8,10H,4-6H2,1-3H3. The van der Waals surface area contributed by atoms with Gasteiger partial charge in [0.1, 0.15) is 16.8 Å². The molecule has 0 spiro atoms. The lowest BCUT2D eigenvalue weighted by atomic mass is 10.2. The fourth-order valence-electron chi connectivity index (χ4n) is 1.97. The Bertz CT molecular complexity index is 458. The van der Waals surface area contributed by atoms with Crippen molar-refractivity contribution >= 4 is 23.7 Å². The van der Waals surface area contributed by atoms with Crippen LogP contribution in [0.1, 0.15) is 42.9 Å². The van der Waals surface area contributed by atoms with Gasteiger partial charge >= 0.3 is 0 Å². The second-order valence-electron chi connectivity index (χ2n) is 5.11. The van der Waals surface area contributed by atoms with Crippen LogP contribution in [0.4, 0.5) is 5.82 Å². The molecule has 0 unspecified atom stereocenters. The van der Waals surface area contributed by atoms with Gasteiger partial charge in [-0.3, -0.25) is 4.79 Å². The summed E-state index contributed by atoms with van der Waals surface area (Å²) in [5.74, 6) is 1.99. The fourth-order valence-corrected chi connectivity index (χ4v) is 2.23. The molecule has 18 heavy (non-hydrogen) atoms. The van der Waals surface area contributed by atoms with E-state index in [1.807, 2.05) is 0 Å². The van der Waals surface area contributed by atoms with E-state index in [1.165, 1.54) is 12.8 Å². The molecule has 0 radical (unpaired) electrons. The molecule has 1 fully saturated rings. The number of carbonyl (C=O) groups excluding carboxylic acids is 1. The van der Waals surface area contributed by atoms with Crippen LogP contribution in [0.2, 0.25) is 5.15 Å². The van der Waals surface area contributed by atoms with Gasteiger partial charge < -0.3 is 4.90 Å². The smallest absolute Gasteiger partial charge is 0.156 e. The minimum atomic E-state index is 0.244. The molecule has 4 nitrogen and oxygen atoms in total. The van der Waals surface area contributed by atoms with E-state index in [4.69, 9.17) is 11.6 Å². The summed E-state index contributed by atoms with van der Waals surface area (Å²) < 4.78 is 0. The van der Waals surface area contributed by atoms with Gasteiger partial charge in [0, 0.05) is 12.6 Å². The largest absolute Gasteiger partial charge is 0.353 e. The maximum absolute atomic E-state index is 11.2. The Balaban J connectivity index is 2.41. The topological polar surface area (TPSA) is 46.1 Å². The molecule has 1 saturated carbocycles. The van der Waals surface area contributed by atoms with Crippen LogP contribution in [-0.4, -0.2) is 28.8 Å². The Morgan fingerprint density at radius 3 is 2.61 bits per heavy atom. The lowest BCUT2D eigenvalue weighted by Crippen LogP contribution is -2.34. The summed E-state index contributed by atoms with van der Waals surface area (Å²) in [5, 5.41) is 0.244. The Morgan fingerprint density at radius 2 is 2.11 bits per heavy atom. The summed E-state index contributed by atoms with van der Waals surface area (Å²) >= 11 is 6.03. The van der Waals surface area contributed by atoms with Gasteiger partial charge in [0.25, 0.3) is 0 Å². The highest BCUT2D eigenvalue weighted by Crippen LogP contribution is 2.33. The molecular weight excluding hydrogens is 250 g/mol. The van der Waals surface area contributed by atoms with Gasteiger partial charge in [-0.1, -0.05) is 11.6 Å². The van der Waals surface area contributed by atoms with Crippen LogP contribution >= 0.6 is 11.6 Å². The van der Waals surface area contributed by atoms with Crippen molar-refractivity contribution in [3.63, 3.8) is 0 Å².